The highest BCUT2D eigenvalue weighted by atomic mass is 35.5. The quantitative estimate of drug-likeness (QED) is 0.602. The van der Waals surface area contributed by atoms with Gasteiger partial charge >= 0.3 is 5.97 Å². The molecule has 5 heteroatoms. The molecular weight excluding hydrogens is 238 g/mol. The first-order valence-electron chi connectivity index (χ1n) is 4.45. The van der Waals surface area contributed by atoms with Crippen molar-refractivity contribution < 1.29 is 18.3 Å². The minimum absolute atomic E-state index is 0.237. The molecule has 0 heterocycles. The van der Waals surface area contributed by atoms with Crippen LogP contribution < -0.4 is 0 Å². The van der Waals surface area contributed by atoms with Gasteiger partial charge in [-0.3, -0.25) is 4.79 Å². The molecule has 0 spiro atoms. The fourth-order valence-electron chi connectivity index (χ4n) is 1.13. The Morgan fingerprint density at radius 1 is 1.44 bits per heavy atom. The monoisotopic (exact) mass is 246 g/mol. The Bertz CT molecular complexity index is 379. The fourth-order valence-corrected chi connectivity index (χ4v) is 1.19. The van der Waals surface area contributed by atoms with E-state index < -0.39 is 23.8 Å². The van der Waals surface area contributed by atoms with Crippen LogP contribution in [0.3, 0.4) is 0 Å². The molecule has 0 fully saturated rings. The Morgan fingerprint density at radius 3 is 2.56 bits per heavy atom. The van der Waals surface area contributed by atoms with Crippen molar-refractivity contribution in [3.05, 3.63) is 48.1 Å². The first-order chi connectivity index (χ1) is 7.69. The van der Waals surface area contributed by atoms with Crippen molar-refractivity contribution in [2.24, 2.45) is 0 Å². The molecule has 0 unspecified atom stereocenters. The third-order valence-corrected chi connectivity index (χ3v) is 2.03. The highest BCUT2D eigenvalue weighted by molar-refractivity contribution is 6.26. The molecule has 1 aromatic rings. The number of rotatable bonds is 4. The topological polar surface area (TPSA) is 26.3 Å². The molecule has 0 radical (unpaired) electrons. The zero-order valence-electron chi connectivity index (χ0n) is 8.20. The summed E-state index contributed by atoms with van der Waals surface area (Å²) >= 11 is 5.22. The zero-order chi connectivity index (χ0) is 12.0. The van der Waals surface area contributed by atoms with Crippen molar-refractivity contribution in [3.8, 4) is 0 Å². The lowest BCUT2D eigenvalue weighted by atomic mass is 10.1. The number of hydrogen-bond acceptors (Lipinski definition) is 2. The SMILES string of the molecule is O=C(CCl)O[C@H](/C(F)=C/F)c1ccccc1. The van der Waals surface area contributed by atoms with Crippen LogP contribution in [0.15, 0.2) is 42.5 Å². The molecule has 0 aliphatic rings. The predicted octanol–water partition coefficient (Wildman–Crippen LogP) is 3.29. The summed E-state index contributed by atoms with van der Waals surface area (Å²) in [5, 5.41) is 0. The summed E-state index contributed by atoms with van der Waals surface area (Å²) in [7, 11) is 0. The van der Waals surface area contributed by atoms with Crippen LogP contribution in [0.25, 0.3) is 0 Å². The van der Waals surface area contributed by atoms with Crippen LogP contribution in [0.4, 0.5) is 8.78 Å². The Kier molecular flexibility index (Phi) is 4.92. The Labute approximate surface area is 96.5 Å². The molecule has 16 heavy (non-hydrogen) atoms. The van der Waals surface area contributed by atoms with Crippen LogP contribution in [0.1, 0.15) is 11.7 Å². The van der Waals surface area contributed by atoms with E-state index in [1.54, 1.807) is 18.2 Å². The molecule has 0 aromatic heterocycles. The van der Waals surface area contributed by atoms with Crippen LogP contribution in [0.5, 0.6) is 0 Å². The van der Waals surface area contributed by atoms with E-state index in [2.05, 4.69) is 4.74 Å². The van der Waals surface area contributed by atoms with Crippen LogP contribution in [-0.2, 0) is 9.53 Å². The van der Waals surface area contributed by atoms with Gasteiger partial charge in [-0.25, -0.2) is 8.78 Å². The molecule has 0 aliphatic carbocycles. The van der Waals surface area contributed by atoms with Gasteiger partial charge in [-0.1, -0.05) is 30.3 Å². The Hall–Kier alpha value is -1.42. The van der Waals surface area contributed by atoms with E-state index in [-0.39, 0.29) is 6.33 Å². The fraction of sp³-hybridized carbons (Fsp3) is 0.182. The number of alkyl halides is 1. The Morgan fingerprint density at radius 2 is 2.06 bits per heavy atom. The van der Waals surface area contributed by atoms with Gasteiger partial charge < -0.3 is 4.74 Å². The second-order valence-electron chi connectivity index (χ2n) is 2.91. The molecule has 1 atom stereocenters. The number of esters is 1. The third kappa shape index (κ3) is 3.31. The molecular formula is C11H9ClF2O2. The van der Waals surface area contributed by atoms with Crippen molar-refractivity contribution in [2.45, 2.75) is 6.10 Å². The molecule has 0 aliphatic heterocycles. The second-order valence-corrected chi connectivity index (χ2v) is 3.18. The van der Waals surface area contributed by atoms with E-state index in [0.29, 0.717) is 5.56 Å². The van der Waals surface area contributed by atoms with E-state index in [4.69, 9.17) is 11.6 Å². The van der Waals surface area contributed by atoms with Crippen LogP contribution >= 0.6 is 11.6 Å². The molecule has 0 bridgehead atoms. The van der Waals surface area contributed by atoms with Crippen LogP contribution in [-0.4, -0.2) is 11.8 Å². The van der Waals surface area contributed by atoms with Gasteiger partial charge in [0.1, 0.15) is 12.2 Å². The van der Waals surface area contributed by atoms with Crippen molar-refractivity contribution in [1.29, 1.82) is 0 Å². The van der Waals surface area contributed by atoms with Gasteiger partial charge in [0.15, 0.2) is 11.9 Å². The van der Waals surface area contributed by atoms with Crippen molar-refractivity contribution in [2.75, 3.05) is 5.88 Å². The molecule has 0 saturated heterocycles. The summed E-state index contributed by atoms with van der Waals surface area (Å²) in [4.78, 5) is 10.9. The van der Waals surface area contributed by atoms with Crippen LogP contribution in [0.2, 0.25) is 0 Å². The van der Waals surface area contributed by atoms with Gasteiger partial charge in [-0.05, 0) is 5.56 Å². The number of carbonyl (C=O) groups excluding carboxylic acids is 1. The molecule has 0 N–H and O–H groups in total. The van der Waals surface area contributed by atoms with E-state index >= 15 is 0 Å². The molecule has 2 nitrogen and oxygen atoms in total. The minimum atomic E-state index is -1.38. The van der Waals surface area contributed by atoms with Gasteiger partial charge in [0.2, 0.25) is 0 Å². The summed E-state index contributed by atoms with van der Waals surface area (Å²) in [6.45, 7) is 0. The van der Waals surface area contributed by atoms with E-state index in [9.17, 15) is 13.6 Å². The summed E-state index contributed by atoms with van der Waals surface area (Å²) in [5.74, 6) is -2.40. The van der Waals surface area contributed by atoms with E-state index in [0.717, 1.165) is 0 Å². The average Bonchev–Trinajstić information content (AvgIpc) is 2.35. The third-order valence-electron chi connectivity index (χ3n) is 1.82. The van der Waals surface area contributed by atoms with Gasteiger partial charge in [0.05, 0.1) is 0 Å². The number of ether oxygens (including phenoxy) is 1. The number of carbonyl (C=O) groups is 1. The maximum Gasteiger partial charge on any atom is 0.321 e. The lowest BCUT2D eigenvalue weighted by molar-refractivity contribution is -0.145. The zero-order valence-corrected chi connectivity index (χ0v) is 8.95. The standard InChI is InChI=1S/C11H9ClF2O2/c12-6-10(15)16-11(9(14)7-13)8-4-2-1-3-5-8/h1-5,7,11H,6H2/b9-7-/t11-/m0/s1. The van der Waals surface area contributed by atoms with Crippen LogP contribution in [0, 0.1) is 0 Å². The molecule has 0 amide bonds. The first kappa shape index (κ1) is 12.6. The number of hydrogen-bond donors (Lipinski definition) is 0. The second kappa shape index (κ2) is 6.23. The summed E-state index contributed by atoms with van der Waals surface area (Å²) in [6, 6.07) is 8.01. The number of benzene rings is 1. The molecule has 86 valence electrons. The van der Waals surface area contributed by atoms with Crippen molar-refractivity contribution in [1.82, 2.24) is 0 Å². The normalized spacial score (nSPS) is 13.3. The van der Waals surface area contributed by atoms with Crippen molar-refractivity contribution in [3.63, 3.8) is 0 Å². The van der Waals surface area contributed by atoms with Gasteiger partial charge in [-0.2, -0.15) is 0 Å². The van der Waals surface area contributed by atoms with E-state index in [1.165, 1.54) is 12.1 Å². The molecule has 1 rings (SSSR count). The lowest BCUT2D eigenvalue weighted by Crippen LogP contribution is -2.13. The molecule has 1 aromatic carbocycles. The highest BCUT2D eigenvalue weighted by Crippen LogP contribution is 2.27. The van der Waals surface area contributed by atoms with Gasteiger partial charge in [0.25, 0.3) is 0 Å². The summed E-state index contributed by atoms with van der Waals surface area (Å²) < 4.78 is 29.9. The largest absolute Gasteiger partial charge is 0.449 e. The summed E-state index contributed by atoms with van der Waals surface area (Å²) in [5.41, 5.74) is 0.340. The maximum absolute atomic E-state index is 13.1. The van der Waals surface area contributed by atoms with Gasteiger partial charge in [0, 0.05) is 0 Å². The highest BCUT2D eigenvalue weighted by Gasteiger charge is 2.21. The average molecular weight is 247 g/mol. The maximum atomic E-state index is 13.1. The molecule has 0 saturated carbocycles. The number of halogens is 3. The van der Waals surface area contributed by atoms with E-state index in [1.807, 2.05) is 0 Å². The van der Waals surface area contributed by atoms with Crippen molar-refractivity contribution >= 4 is 17.6 Å². The first-order valence-corrected chi connectivity index (χ1v) is 4.98. The minimum Gasteiger partial charge on any atom is -0.449 e. The Balaban J connectivity index is 2.93. The lowest BCUT2D eigenvalue weighted by Gasteiger charge is -2.15. The predicted molar refractivity (Wildman–Crippen MR) is 56.3 cm³/mol. The van der Waals surface area contributed by atoms with Gasteiger partial charge in [-0.15, -0.1) is 11.6 Å². The summed E-state index contributed by atoms with van der Waals surface area (Å²) in [6.07, 6.45) is -1.61. The smallest absolute Gasteiger partial charge is 0.321 e.